The van der Waals surface area contributed by atoms with Gasteiger partial charge in [-0.05, 0) is 20.3 Å². The molecule has 0 saturated heterocycles. The van der Waals surface area contributed by atoms with Crippen LogP contribution in [0.3, 0.4) is 0 Å². The molecule has 0 bridgehead atoms. The Balaban J connectivity index is 4.12. The molecule has 0 aliphatic heterocycles. The van der Waals surface area contributed by atoms with Crippen molar-refractivity contribution < 1.29 is 9.90 Å². The molecule has 1 atom stereocenters. The number of carboxylic acids is 1. The molecule has 0 aliphatic rings. The lowest BCUT2D eigenvalue weighted by molar-refractivity contribution is -0.138. The van der Waals surface area contributed by atoms with Crippen molar-refractivity contribution in [3.05, 3.63) is 36.0 Å². The maximum absolute atomic E-state index is 10.4. The van der Waals surface area contributed by atoms with Crippen molar-refractivity contribution in [3.8, 4) is 0 Å². The van der Waals surface area contributed by atoms with Crippen LogP contribution in [0.5, 0.6) is 0 Å². The molecule has 0 aromatic carbocycles. The van der Waals surface area contributed by atoms with Gasteiger partial charge in [-0.15, -0.1) is 0 Å². The lowest BCUT2D eigenvalue weighted by Crippen LogP contribution is -2.30. The van der Waals surface area contributed by atoms with E-state index < -0.39 is 12.0 Å². The molecule has 0 spiro atoms. The Morgan fingerprint density at radius 1 is 1.57 bits per heavy atom. The molecule has 3 N–H and O–H groups in total. The van der Waals surface area contributed by atoms with E-state index in [1.54, 1.807) is 6.08 Å². The quantitative estimate of drug-likeness (QED) is 0.658. The number of allylic oxidation sites excluding steroid dienone is 4. The van der Waals surface area contributed by atoms with Crippen LogP contribution in [0.1, 0.15) is 20.3 Å². The molecule has 0 unspecified atom stereocenters. The topological polar surface area (TPSA) is 63.3 Å². The molecule has 0 rings (SSSR count). The summed E-state index contributed by atoms with van der Waals surface area (Å²) in [6, 6.07) is -0.863. The van der Waals surface area contributed by atoms with E-state index in [4.69, 9.17) is 10.8 Å². The Labute approximate surface area is 84.6 Å². The minimum absolute atomic E-state index is 0.281. The lowest BCUT2D eigenvalue weighted by atomic mass is 10.1. The average molecular weight is 195 g/mol. The Bertz CT molecular complexity index is 277. The Hall–Kier alpha value is -1.35. The van der Waals surface area contributed by atoms with Crippen LogP contribution in [0, 0.1) is 0 Å². The smallest absolute Gasteiger partial charge is 0.320 e. The molecule has 3 heteroatoms. The van der Waals surface area contributed by atoms with E-state index in [2.05, 4.69) is 6.58 Å². The van der Waals surface area contributed by atoms with Gasteiger partial charge in [0, 0.05) is 0 Å². The summed E-state index contributed by atoms with van der Waals surface area (Å²) in [6.45, 7) is 7.62. The van der Waals surface area contributed by atoms with Crippen molar-refractivity contribution in [2.24, 2.45) is 5.73 Å². The maximum Gasteiger partial charge on any atom is 0.320 e. The predicted octanol–water partition coefficient (Wildman–Crippen LogP) is 1.87. The fourth-order valence-corrected chi connectivity index (χ4v) is 0.783. The van der Waals surface area contributed by atoms with Crippen LogP contribution in [0.15, 0.2) is 36.0 Å². The number of hydrogen-bond donors (Lipinski definition) is 2. The normalized spacial score (nSPS) is 14.4. The molecule has 0 amide bonds. The molecule has 0 aromatic heterocycles. The molecule has 78 valence electrons. The number of rotatable bonds is 5. The summed E-state index contributed by atoms with van der Waals surface area (Å²) in [7, 11) is 0. The first kappa shape index (κ1) is 12.7. The van der Waals surface area contributed by atoms with Crippen LogP contribution in [0.4, 0.5) is 0 Å². The van der Waals surface area contributed by atoms with Gasteiger partial charge in [-0.3, -0.25) is 4.79 Å². The second-order valence-electron chi connectivity index (χ2n) is 3.17. The minimum Gasteiger partial charge on any atom is -0.480 e. The first-order valence-electron chi connectivity index (χ1n) is 4.44. The maximum atomic E-state index is 10.4. The van der Waals surface area contributed by atoms with Crippen molar-refractivity contribution in [3.63, 3.8) is 0 Å². The number of nitrogens with two attached hydrogens (primary N) is 1. The molecule has 14 heavy (non-hydrogen) atoms. The molecule has 0 fully saturated rings. The molecular formula is C11H17NO2. The van der Waals surface area contributed by atoms with Crippen molar-refractivity contribution in [1.82, 2.24) is 0 Å². The van der Waals surface area contributed by atoms with E-state index >= 15 is 0 Å². The van der Waals surface area contributed by atoms with Crippen molar-refractivity contribution in [2.75, 3.05) is 0 Å². The number of carbonyl (C=O) groups is 1. The third-order valence-electron chi connectivity index (χ3n) is 1.84. The van der Waals surface area contributed by atoms with Crippen LogP contribution < -0.4 is 5.73 Å². The van der Waals surface area contributed by atoms with Gasteiger partial charge in [0.25, 0.3) is 0 Å². The van der Waals surface area contributed by atoms with Gasteiger partial charge in [0.2, 0.25) is 0 Å². The van der Waals surface area contributed by atoms with Gasteiger partial charge in [-0.2, -0.15) is 0 Å². The van der Waals surface area contributed by atoms with Crippen molar-refractivity contribution in [2.45, 2.75) is 26.3 Å². The van der Waals surface area contributed by atoms with Gasteiger partial charge < -0.3 is 10.8 Å². The Morgan fingerprint density at radius 2 is 2.14 bits per heavy atom. The molecule has 0 radical (unpaired) electrons. The van der Waals surface area contributed by atoms with Crippen LogP contribution in [0.2, 0.25) is 0 Å². The lowest BCUT2D eigenvalue weighted by Gasteiger charge is -2.05. The molecule has 3 nitrogen and oxygen atoms in total. The highest BCUT2D eigenvalue weighted by atomic mass is 16.4. The highest BCUT2D eigenvalue weighted by molar-refractivity contribution is 5.73. The van der Waals surface area contributed by atoms with E-state index in [0.29, 0.717) is 0 Å². The van der Waals surface area contributed by atoms with Gasteiger partial charge in [0.15, 0.2) is 0 Å². The van der Waals surface area contributed by atoms with E-state index in [1.165, 1.54) is 0 Å². The highest BCUT2D eigenvalue weighted by Gasteiger charge is 2.10. The van der Waals surface area contributed by atoms with Crippen LogP contribution in [0.25, 0.3) is 0 Å². The summed E-state index contributed by atoms with van der Waals surface area (Å²) < 4.78 is 0. The zero-order valence-corrected chi connectivity index (χ0v) is 8.66. The van der Waals surface area contributed by atoms with Gasteiger partial charge in [0.1, 0.15) is 6.04 Å². The molecule has 0 heterocycles. The first-order chi connectivity index (χ1) is 6.47. The second-order valence-corrected chi connectivity index (χ2v) is 3.17. The first-order valence-corrected chi connectivity index (χ1v) is 4.44. The molecule has 0 saturated carbocycles. The van der Waals surface area contributed by atoms with E-state index in [9.17, 15) is 4.79 Å². The predicted molar refractivity (Wildman–Crippen MR) is 57.9 cm³/mol. The summed E-state index contributed by atoms with van der Waals surface area (Å²) in [6.07, 6.45) is 5.92. The summed E-state index contributed by atoms with van der Waals surface area (Å²) >= 11 is 0. The second kappa shape index (κ2) is 6.16. The standard InChI is InChI=1S/C11H17NO2/c1-4-8(2)5-6-9(3)7-10(12)11(13)14/h4-6,10H,3,7,12H2,1-2H3,(H,13,14)/b6-5-,8-4-/t10-/m1/s1. The van der Waals surface area contributed by atoms with Gasteiger partial charge >= 0.3 is 5.97 Å². The van der Waals surface area contributed by atoms with E-state index in [0.717, 1.165) is 11.1 Å². The largest absolute Gasteiger partial charge is 0.480 e. The van der Waals surface area contributed by atoms with E-state index in [-0.39, 0.29) is 6.42 Å². The fraction of sp³-hybridized carbons (Fsp3) is 0.364. The third kappa shape index (κ3) is 5.32. The molecule has 0 aliphatic carbocycles. The molecule has 0 aromatic rings. The average Bonchev–Trinajstić information content (AvgIpc) is 2.13. The monoisotopic (exact) mass is 195 g/mol. The Morgan fingerprint density at radius 3 is 2.57 bits per heavy atom. The Kier molecular flexibility index (Phi) is 5.56. The van der Waals surface area contributed by atoms with Crippen LogP contribution in [-0.2, 0) is 4.79 Å². The number of aliphatic carboxylic acids is 1. The molecular weight excluding hydrogens is 178 g/mol. The fourth-order valence-electron chi connectivity index (χ4n) is 0.783. The zero-order valence-electron chi connectivity index (χ0n) is 8.66. The summed E-state index contributed by atoms with van der Waals surface area (Å²) in [5.41, 5.74) is 7.18. The number of hydrogen-bond acceptors (Lipinski definition) is 2. The van der Waals surface area contributed by atoms with Gasteiger partial charge in [0.05, 0.1) is 0 Å². The van der Waals surface area contributed by atoms with Crippen molar-refractivity contribution in [1.29, 1.82) is 0 Å². The van der Waals surface area contributed by atoms with Crippen molar-refractivity contribution >= 4 is 5.97 Å². The number of carboxylic acid groups (broad SMARTS) is 1. The van der Waals surface area contributed by atoms with E-state index in [1.807, 2.05) is 26.0 Å². The van der Waals surface area contributed by atoms with Crippen LogP contribution >= 0.6 is 0 Å². The summed E-state index contributed by atoms with van der Waals surface area (Å²) in [5.74, 6) is -0.998. The van der Waals surface area contributed by atoms with Crippen LogP contribution in [-0.4, -0.2) is 17.1 Å². The van der Waals surface area contributed by atoms with Gasteiger partial charge in [-0.1, -0.05) is 36.0 Å². The summed E-state index contributed by atoms with van der Waals surface area (Å²) in [5, 5.41) is 8.55. The SMILES string of the molecule is C=C(/C=C\C(C)=C/C)C[C@@H](N)C(=O)O. The summed E-state index contributed by atoms with van der Waals surface area (Å²) in [4.78, 5) is 10.4. The minimum atomic E-state index is -0.998. The zero-order chi connectivity index (χ0) is 11.1. The highest BCUT2D eigenvalue weighted by Crippen LogP contribution is 2.05. The third-order valence-corrected chi connectivity index (χ3v) is 1.84. The van der Waals surface area contributed by atoms with Gasteiger partial charge in [-0.25, -0.2) is 0 Å².